The Morgan fingerprint density at radius 2 is 1.91 bits per heavy atom. The summed E-state index contributed by atoms with van der Waals surface area (Å²) < 4.78 is 34.5. The van der Waals surface area contributed by atoms with Crippen LogP contribution in [0.1, 0.15) is 30.9 Å². The highest BCUT2D eigenvalue weighted by molar-refractivity contribution is 7.91. The van der Waals surface area contributed by atoms with Crippen molar-refractivity contribution in [1.82, 2.24) is 19.8 Å². The molecule has 0 atom stereocenters. The van der Waals surface area contributed by atoms with Gasteiger partial charge in [-0.2, -0.15) is 4.52 Å². The van der Waals surface area contributed by atoms with Gasteiger partial charge in [0.05, 0.1) is 22.2 Å². The fraction of sp³-hybridized carbons (Fsp3) is 0.208. The number of benzene rings is 2. The Morgan fingerprint density at radius 3 is 2.65 bits per heavy atom. The van der Waals surface area contributed by atoms with Gasteiger partial charge in [0, 0.05) is 6.54 Å². The fourth-order valence-electron chi connectivity index (χ4n) is 3.73. The number of rotatable bonds is 7. The summed E-state index contributed by atoms with van der Waals surface area (Å²) in [6, 6.07) is 16.5. The van der Waals surface area contributed by atoms with Gasteiger partial charge in [-0.1, -0.05) is 43.3 Å². The molecule has 3 aromatic heterocycles. The summed E-state index contributed by atoms with van der Waals surface area (Å²) in [4.78, 5) is 4.82. The molecule has 1 N–H and O–H groups in total. The lowest BCUT2D eigenvalue weighted by Crippen LogP contribution is -2.07. The van der Waals surface area contributed by atoms with Gasteiger partial charge >= 0.3 is 0 Å². The summed E-state index contributed by atoms with van der Waals surface area (Å²) in [5.74, 6) is 1.65. The number of thiophene rings is 1. The summed E-state index contributed by atoms with van der Waals surface area (Å²) in [7, 11) is -2.28. The first-order valence-electron chi connectivity index (χ1n) is 10.7. The van der Waals surface area contributed by atoms with Gasteiger partial charge in [0.1, 0.15) is 11.6 Å². The lowest BCUT2D eigenvalue weighted by Gasteiger charge is -2.10. The first kappa shape index (κ1) is 22.3. The summed E-state index contributed by atoms with van der Waals surface area (Å²) in [6.07, 6.45) is 0. The standard InChI is InChI=1S/C24H23N5O3S2/c1-15(2)17-7-9-19(10-8-17)34(30,31)24-23-26-22(21-20(11-12-33-21)29(23)28-27-24)25-14-16-5-4-6-18(13-16)32-3/h4-13,15H,14H2,1-3H3,(H,25,26). The molecule has 174 valence electrons. The maximum Gasteiger partial charge on any atom is 0.229 e. The predicted octanol–water partition coefficient (Wildman–Crippen LogP) is 4.92. The van der Waals surface area contributed by atoms with Crippen molar-refractivity contribution in [3.05, 3.63) is 71.1 Å². The molecule has 0 radical (unpaired) electrons. The minimum absolute atomic E-state index is 0.164. The highest BCUT2D eigenvalue weighted by atomic mass is 32.2. The van der Waals surface area contributed by atoms with E-state index in [-0.39, 0.29) is 15.6 Å². The molecule has 0 aliphatic rings. The quantitative estimate of drug-likeness (QED) is 0.344. The van der Waals surface area contributed by atoms with E-state index in [2.05, 4.69) is 34.5 Å². The van der Waals surface area contributed by atoms with Gasteiger partial charge in [-0.05, 0) is 52.8 Å². The third-order valence-corrected chi connectivity index (χ3v) is 8.20. The van der Waals surface area contributed by atoms with E-state index in [9.17, 15) is 8.42 Å². The average molecular weight is 494 g/mol. The van der Waals surface area contributed by atoms with Gasteiger partial charge in [0.15, 0.2) is 5.65 Å². The number of methoxy groups -OCH3 is 1. The normalized spacial score (nSPS) is 12.0. The molecule has 0 amide bonds. The van der Waals surface area contributed by atoms with Crippen LogP contribution in [0.25, 0.3) is 15.9 Å². The molecule has 3 heterocycles. The molecule has 34 heavy (non-hydrogen) atoms. The van der Waals surface area contributed by atoms with Crippen molar-refractivity contribution in [1.29, 1.82) is 0 Å². The number of hydrogen-bond donors (Lipinski definition) is 1. The molecule has 0 fully saturated rings. The highest BCUT2D eigenvalue weighted by Gasteiger charge is 2.27. The van der Waals surface area contributed by atoms with Crippen molar-refractivity contribution in [3.8, 4) is 5.75 Å². The van der Waals surface area contributed by atoms with Crippen LogP contribution in [0.4, 0.5) is 5.82 Å². The Kier molecular flexibility index (Phi) is 5.70. The van der Waals surface area contributed by atoms with Crippen molar-refractivity contribution in [3.63, 3.8) is 0 Å². The molecule has 0 saturated carbocycles. The number of sulfone groups is 1. The molecule has 2 aromatic carbocycles. The maximum absolute atomic E-state index is 13.4. The molecular weight excluding hydrogens is 470 g/mol. The van der Waals surface area contributed by atoms with Crippen LogP contribution in [-0.4, -0.2) is 35.3 Å². The van der Waals surface area contributed by atoms with E-state index in [0.717, 1.165) is 27.1 Å². The molecule has 0 spiro atoms. The van der Waals surface area contributed by atoms with E-state index in [1.165, 1.54) is 15.9 Å². The highest BCUT2D eigenvalue weighted by Crippen LogP contribution is 2.32. The van der Waals surface area contributed by atoms with Gasteiger partial charge in [-0.15, -0.1) is 16.4 Å². The van der Waals surface area contributed by atoms with E-state index >= 15 is 0 Å². The lowest BCUT2D eigenvalue weighted by molar-refractivity contribution is 0.414. The van der Waals surface area contributed by atoms with E-state index < -0.39 is 9.84 Å². The van der Waals surface area contributed by atoms with E-state index in [1.807, 2.05) is 47.8 Å². The third kappa shape index (κ3) is 3.88. The number of nitrogens with one attached hydrogen (secondary N) is 1. The van der Waals surface area contributed by atoms with Crippen LogP contribution < -0.4 is 10.1 Å². The third-order valence-electron chi connectivity index (χ3n) is 5.63. The summed E-state index contributed by atoms with van der Waals surface area (Å²) in [5.41, 5.74) is 3.00. The Morgan fingerprint density at radius 1 is 1.12 bits per heavy atom. The second kappa shape index (κ2) is 8.69. The zero-order valence-electron chi connectivity index (χ0n) is 18.9. The van der Waals surface area contributed by atoms with Crippen LogP contribution in [0, 0.1) is 0 Å². The number of nitrogens with zero attached hydrogens (tertiary/aromatic N) is 4. The zero-order valence-corrected chi connectivity index (χ0v) is 20.5. The van der Waals surface area contributed by atoms with E-state index in [1.54, 1.807) is 19.2 Å². The van der Waals surface area contributed by atoms with Crippen molar-refractivity contribution < 1.29 is 13.2 Å². The molecule has 5 rings (SSSR count). The predicted molar refractivity (Wildman–Crippen MR) is 132 cm³/mol. The molecule has 0 saturated heterocycles. The fourth-order valence-corrected chi connectivity index (χ4v) is 5.80. The van der Waals surface area contributed by atoms with E-state index in [0.29, 0.717) is 18.3 Å². The Labute approximate surface area is 201 Å². The van der Waals surface area contributed by atoms with Crippen molar-refractivity contribution in [2.75, 3.05) is 12.4 Å². The first-order chi connectivity index (χ1) is 16.4. The molecule has 5 aromatic rings. The molecule has 0 aliphatic heterocycles. The number of hydrogen-bond acceptors (Lipinski definition) is 8. The van der Waals surface area contributed by atoms with Gasteiger partial charge < -0.3 is 10.1 Å². The summed E-state index contributed by atoms with van der Waals surface area (Å²) in [5, 5.41) is 13.3. The molecule has 10 heteroatoms. The van der Waals surface area contributed by atoms with Gasteiger partial charge in [-0.3, -0.25) is 0 Å². The Bertz CT molecular complexity index is 1590. The monoisotopic (exact) mass is 493 g/mol. The van der Waals surface area contributed by atoms with Gasteiger partial charge in [-0.25, -0.2) is 13.4 Å². The van der Waals surface area contributed by atoms with Gasteiger partial charge in [0.2, 0.25) is 14.9 Å². The van der Waals surface area contributed by atoms with Crippen molar-refractivity contribution in [2.24, 2.45) is 0 Å². The van der Waals surface area contributed by atoms with Crippen LogP contribution in [-0.2, 0) is 16.4 Å². The van der Waals surface area contributed by atoms with Crippen LogP contribution in [0.2, 0.25) is 0 Å². The van der Waals surface area contributed by atoms with Crippen LogP contribution >= 0.6 is 11.3 Å². The Hall–Kier alpha value is -3.50. The second-order valence-electron chi connectivity index (χ2n) is 8.16. The van der Waals surface area contributed by atoms with Crippen LogP contribution in [0.3, 0.4) is 0 Å². The second-order valence-corrected chi connectivity index (χ2v) is 10.9. The number of anilines is 1. The first-order valence-corrected chi connectivity index (χ1v) is 13.1. The number of fused-ring (bicyclic) bond motifs is 3. The number of aromatic nitrogens is 4. The Balaban J connectivity index is 1.57. The van der Waals surface area contributed by atoms with Gasteiger partial charge in [0.25, 0.3) is 0 Å². The molecule has 0 bridgehead atoms. The van der Waals surface area contributed by atoms with Crippen LogP contribution in [0.15, 0.2) is 69.9 Å². The smallest absolute Gasteiger partial charge is 0.229 e. The van der Waals surface area contributed by atoms with Crippen LogP contribution in [0.5, 0.6) is 5.75 Å². The van der Waals surface area contributed by atoms with Crippen molar-refractivity contribution in [2.45, 2.75) is 36.2 Å². The topological polar surface area (TPSA) is 98.5 Å². The average Bonchev–Trinajstić information content (AvgIpc) is 3.50. The SMILES string of the molecule is COc1cccc(CNc2nc3c(S(=O)(=O)c4ccc(C(C)C)cc4)nnn3c3ccsc23)c1. The largest absolute Gasteiger partial charge is 0.497 e. The lowest BCUT2D eigenvalue weighted by atomic mass is 10.0. The molecular formula is C24H23N5O3S2. The zero-order chi connectivity index (χ0) is 23.9. The molecule has 0 unspecified atom stereocenters. The van der Waals surface area contributed by atoms with Crippen molar-refractivity contribution >= 4 is 42.9 Å². The summed E-state index contributed by atoms with van der Waals surface area (Å²) >= 11 is 1.50. The molecule has 8 nitrogen and oxygen atoms in total. The van der Waals surface area contributed by atoms with E-state index in [4.69, 9.17) is 4.74 Å². The number of ether oxygens (including phenoxy) is 1. The maximum atomic E-state index is 13.4. The minimum atomic E-state index is -3.91. The minimum Gasteiger partial charge on any atom is -0.497 e. The summed E-state index contributed by atoms with van der Waals surface area (Å²) in [6.45, 7) is 4.62. The molecule has 0 aliphatic carbocycles.